The number of ether oxygens (including phenoxy) is 1. The van der Waals surface area contributed by atoms with Crippen molar-refractivity contribution in [2.24, 2.45) is 0 Å². The number of carbonyl (C=O) groups is 2. The SMILES string of the molecule is CCN(CC(=O)Nc1nc(-c2ccc(Cl)cc2)cn1-c1ccc(C)cc1)C(=O)c1ccc(OC)cc1. The number of carbonyl (C=O) groups excluding carboxylic acids is 2. The Bertz CT molecular complexity index is 1350. The Kier molecular flexibility index (Phi) is 7.71. The molecule has 1 N–H and O–H groups in total. The summed E-state index contributed by atoms with van der Waals surface area (Å²) in [4.78, 5) is 32.2. The van der Waals surface area contributed by atoms with Crippen molar-refractivity contribution in [2.75, 3.05) is 25.5 Å². The molecule has 0 bridgehead atoms. The van der Waals surface area contributed by atoms with Gasteiger partial charge in [0.15, 0.2) is 0 Å². The maximum atomic E-state index is 13.1. The molecule has 0 aliphatic heterocycles. The zero-order valence-corrected chi connectivity index (χ0v) is 21.1. The predicted molar refractivity (Wildman–Crippen MR) is 142 cm³/mol. The van der Waals surface area contributed by atoms with E-state index in [4.69, 9.17) is 16.3 Å². The standard InChI is InChI=1S/C28H27ClN4O3/c1-4-32(27(35)21-9-15-24(36-3)16-10-21)18-26(34)31-28-30-25(20-7-11-22(29)12-8-20)17-33(28)23-13-5-19(2)6-14-23/h5-17H,4,18H2,1-3H3,(H,30,31,34). The predicted octanol–water partition coefficient (Wildman–Crippen LogP) is 5.61. The van der Waals surface area contributed by atoms with Crippen LogP contribution in [0.2, 0.25) is 5.02 Å². The number of amides is 2. The first kappa shape index (κ1) is 25.0. The van der Waals surface area contributed by atoms with Crippen LogP contribution in [0.5, 0.6) is 5.75 Å². The molecule has 3 aromatic carbocycles. The number of nitrogens with zero attached hydrogens (tertiary/aromatic N) is 3. The van der Waals surface area contributed by atoms with Gasteiger partial charge in [-0.25, -0.2) is 4.98 Å². The number of hydrogen-bond donors (Lipinski definition) is 1. The van der Waals surface area contributed by atoms with Crippen molar-refractivity contribution >= 4 is 29.4 Å². The van der Waals surface area contributed by atoms with Crippen LogP contribution in [-0.2, 0) is 4.79 Å². The molecule has 0 spiro atoms. The van der Waals surface area contributed by atoms with Crippen LogP contribution in [0.15, 0.2) is 79.0 Å². The Balaban J connectivity index is 1.57. The van der Waals surface area contributed by atoms with E-state index in [9.17, 15) is 9.59 Å². The first-order valence-corrected chi connectivity index (χ1v) is 11.9. The number of nitrogens with one attached hydrogen (secondary N) is 1. The third kappa shape index (κ3) is 5.75. The molecular formula is C28H27ClN4O3. The van der Waals surface area contributed by atoms with Gasteiger partial charge in [-0.15, -0.1) is 0 Å². The van der Waals surface area contributed by atoms with Crippen LogP contribution < -0.4 is 10.1 Å². The molecule has 184 valence electrons. The molecular weight excluding hydrogens is 476 g/mol. The highest BCUT2D eigenvalue weighted by Gasteiger charge is 2.20. The minimum Gasteiger partial charge on any atom is -0.497 e. The smallest absolute Gasteiger partial charge is 0.254 e. The summed E-state index contributed by atoms with van der Waals surface area (Å²) in [5.41, 5.74) is 4.01. The largest absolute Gasteiger partial charge is 0.497 e. The molecule has 0 aliphatic rings. The van der Waals surface area contributed by atoms with Crippen LogP contribution in [0.25, 0.3) is 16.9 Å². The lowest BCUT2D eigenvalue weighted by molar-refractivity contribution is -0.116. The van der Waals surface area contributed by atoms with Crippen molar-refractivity contribution in [2.45, 2.75) is 13.8 Å². The van der Waals surface area contributed by atoms with E-state index in [0.29, 0.717) is 34.5 Å². The van der Waals surface area contributed by atoms with Crippen LogP contribution in [0.1, 0.15) is 22.8 Å². The molecule has 1 heterocycles. The van der Waals surface area contributed by atoms with E-state index in [1.165, 1.54) is 4.90 Å². The van der Waals surface area contributed by atoms with Crippen molar-refractivity contribution in [3.8, 4) is 22.7 Å². The lowest BCUT2D eigenvalue weighted by Crippen LogP contribution is -2.38. The van der Waals surface area contributed by atoms with Gasteiger partial charge >= 0.3 is 0 Å². The number of hydrogen-bond acceptors (Lipinski definition) is 4. The van der Waals surface area contributed by atoms with Crippen molar-refractivity contribution in [3.05, 3.63) is 95.1 Å². The van der Waals surface area contributed by atoms with Gasteiger partial charge < -0.3 is 9.64 Å². The normalized spacial score (nSPS) is 10.7. The minimum atomic E-state index is -0.347. The van der Waals surface area contributed by atoms with Crippen molar-refractivity contribution in [1.82, 2.24) is 14.5 Å². The Morgan fingerprint density at radius 1 is 1.00 bits per heavy atom. The highest BCUT2D eigenvalue weighted by molar-refractivity contribution is 6.30. The lowest BCUT2D eigenvalue weighted by Gasteiger charge is -2.20. The molecule has 8 heteroatoms. The summed E-state index contributed by atoms with van der Waals surface area (Å²) in [5, 5.41) is 3.52. The molecule has 0 atom stereocenters. The number of benzene rings is 3. The first-order valence-electron chi connectivity index (χ1n) is 11.5. The molecule has 4 aromatic rings. The number of aromatic nitrogens is 2. The monoisotopic (exact) mass is 502 g/mol. The van der Waals surface area contributed by atoms with Crippen LogP contribution in [-0.4, -0.2) is 46.5 Å². The minimum absolute atomic E-state index is 0.113. The van der Waals surface area contributed by atoms with E-state index in [-0.39, 0.29) is 18.4 Å². The maximum absolute atomic E-state index is 13.1. The summed E-state index contributed by atoms with van der Waals surface area (Å²) in [7, 11) is 1.57. The number of aryl methyl sites for hydroxylation is 1. The van der Waals surface area contributed by atoms with Gasteiger partial charge in [0.05, 0.1) is 12.8 Å². The molecule has 1 aromatic heterocycles. The van der Waals surface area contributed by atoms with E-state index >= 15 is 0 Å². The van der Waals surface area contributed by atoms with Gasteiger partial charge in [0, 0.05) is 34.6 Å². The fourth-order valence-electron chi connectivity index (χ4n) is 3.71. The summed E-state index contributed by atoms with van der Waals surface area (Å²) >= 11 is 6.04. The first-order chi connectivity index (χ1) is 17.4. The summed E-state index contributed by atoms with van der Waals surface area (Å²) in [6.07, 6.45) is 1.86. The topological polar surface area (TPSA) is 76.5 Å². The van der Waals surface area contributed by atoms with Crippen molar-refractivity contribution in [3.63, 3.8) is 0 Å². The van der Waals surface area contributed by atoms with Gasteiger partial charge in [0.1, 0.15) is 12.3 Å². The number of rotatable bonds is 8. The molecule has 0 unspecified atom stereocenters. The quantitative estimate of drug-likeness (QED) is 0.340. The molecule has 4 rings (SSSR count). The molecule has 7 nitrogen and oxygen atoms in total. The highest BCUT2D eigenvalue weighted by Crippen LogP contribution is 2.26. The third-order valence-corrected chi connectivity index (χ3v) is 6.00. The molecule has 0 radical (unpaired) electrons. The Morgan fingerprint density at radius 3 is 2.28 bits per heavy atom. The fourth-order valence-corrected chi connectivity index (χ4v) is 3.84. The zero-order chi connectivity index (χ0) is 25.7. The number of likely N-dealkylation sites (N-methyl/N-ethyl adjacent to an activating group) is 1. The van der Waals surface area contributed by atoms with Crippen LogP contribution in [0.4, 0.5) is 5.95 Å². The van der Waals surface area contributed by atoms with Gasteiger partial charge in [-0.3, -0.25) is 19.5 Å². The van der Waals surface area contributed by atoms with Crippen molar-refractivity contribution < 1.29 is 14.3 Å². The highest BCUT2D eigenvalue weighted by atomic mass is 35.5. The number of anilines is 1. The molecule has 0 aliphatic carbocycles. The third-order valence-electron chi connectivity index (χ3n) is 5.75. The summed E-state index contributed by atoms with van der Waals surface area (Å²) in [5.74, 6) is 0.438. The summed E-state index contributed by atoms with van der Waals surface area (Å²) < 4.78 is 6.98. The number of methoxy groups -OCH3 is 1. The van der Waals surface area contributed by atoms with Gasteiger partial charge in [-0.2, -0.15) is 0 Å². The molecule has 0 fully saturated rings. The van der Waals surface area contributed by atoms with E-state index in [1.807, 2.05) is 61.0 Å². The van der Waals surface area contributed by atoms with Gasteiger partial charge in [-0.1, -0.05) is 41.4 Å². The van der Waals surface area contributed by atoms with Gasteiger partial charge in [0.25, 0.3) is 5.91 Å². The van der Waals surface area contributed by atoms with Gasteiger partial charge in [-0.05, 0) is 62.4 Å². The second-order valence-electron chi connectivity index (χ2n) is 8.26. The van der Waals surface area contributed by atoms with Crippen LogP contribution in [0, 0.1) is 6.92 Å². The van der Waals surface area contributed by atoms with E-state index < -0.39 is 0 Å². The van der Waals surface area contributed by atoms with E-state index in [0.717, 1.165) is 16.8 Å². The van der Waals surface area contributed by atoms with Crippen molar-refractivity contribution in [1.29, 1.82) is 0 Å². The molecule has 2 amide bonds. The Morgan fingerprint density at radius 2 is 1.67 bits per heavy atom. The molecule has 36 heavy (non-hydrogen) atoms. The summed E-state index contributed by atoms with van der Waals surface area (Å²) in [6, 6.07) is 22.1. The summed E-state index contributed by atoms with van der Waals surface area (Å²) in [6.45, 7) is 4.11. The van der Waals surface area contributed by atoms with E-state index in [1.54, 1.807) is 43.5 Å². The zero-order valence-electron chi connectivity index (χ0n) is 20.4. The number of halogens is 1. The maximum Gasteiger partial charge on any atom is 0.254 e. The Hall–Kier alpha value is -4.10. The average molecular weight is 503 g/mol. The number of imidazole rings is 1. The second kappa shape index (κ2) is 11.1. The second-order valence-corrected chi connectivity index (χ2v) is 8.69. The van der Waals surface area contributed by atoms with Crippen LogP contribution >= 0.6 is 11.6 Å². The molecule has 0 saturated heterocycles. The average Bonchev–Trinajstić information content (AvgIpc) is 3.31. The lowest BCUT2D eigenvalue weighted by atomic mass is 10.2. The Labute approximate surface area is 215 Å². The van der Waals surface area contributed by atoms with E-state index in [2.05, 4.69) is 10.3 Å². The van der Waals surface area contributed by atoms with Gasteiger partial charge in [0.2, 0.25) is 11.9 Å². The fraction of sp³-hybridized carbons (Fsp3) is 0.179. The molecule has 0 saturated carbocycles. The van der Waals surface area contributed by atoms with Crippen LogP contribution in [0.3, 0.4) is 0 Å².